The van der Waals surface area contributed by atoms with Gasteiger partial charge in [0, 0.05) is 17.6 Å². The van der Waals surface area contributed by atoms with Gasteiger partial charge in [0.25, 0.3) is 5.92 Å². The van der Waals surface area contributed by atoms with Gasteiger partial charge in [0.1, 0.15) is 12.4 Å². The maximum absolute atomic E-state index is 13.5. The highest BCUT2D eigenvalue weighted by Gasteiger charge is 2.34. The fourth-order valence-corrected chi connectivity index (χ4v) is 2.57. The number of fused-ring (bicyclic) bond motifs is 1. The average Bonchev–Trinajstić information content (AvgIpc) is 2.59. The number of para-hydroxylation sites is 1. The summed E-state index contributed by atoms with van der Waals surface area (Å²) < 4.78 is 32.0. The number of aromatic nitrogens is 2. The molecule has 112 valence electrons. The zero-order valence-corrected chi connectivity index (χ0v) is 11.9. The van der Waals surface area contributed by atoms with Crippen LogP contribution in [0.3, 0.4) is 0 Å². The molecule has 0 N–H and O–H groups in total. The molecule has 1 aromatic heterocycles. The van der Waals surface area contributed by atoms with Crippen LogP contribution >= 0.6 is 0 Å². The number of ether oxygens (including phenoxy) is 1. The molecular formula is C15H17F2N3O. The van der Waals surface area contributed by atoms with E-state index < -0.39 is 12.5 Å². The van der Waals surface area contributed by atoms with Crippen LogP contribution in [0.5, 0.6) is 0 Å². The quantitative estimate of drug-likeness (QED) is 0.852. The Balaban J connectivity index is 1.84. The highest BCUT2D eigenvalue weighted by atomic mass is 19.3. The molecule has 3 rings (SSSR count). The molecule has 6 heteroatoms. The normalized spacial score (nSPS) is 19.6. The van der Waals surface area contributed by atoms with Crippen molar-refractivity contribution >= 4 is 10.9 Å². The largest absolute Gasteiger partial charge is 0.374 e. The second-order valence-corrected chi connectivity index (χ2v) is 5.36. The van der Waals surface area contributed by atoms with E-state index in [2.05, 4.69) is 9.97 Å². The van der Waals surface area contributed by atoms with E-state index in [4.69, 9.17) is 4.74 Å². The van der Waals surface area contributed by atoms with E-state index in [0.717, 1.165) is 16.6 Å². The molecule has 0 bridgehead atoms. The fraction of sp³-hybridized carbons (Fsp3) is 0.467. The number of rotatable bonds is 2. The lowest BCUT2D eigenvalue weighted by Crippen LogP contribution is -2.37. The maximum atomic E-state index is 13.5. The first-order valence-corrected chi connectivity index (χ1v) is 6.94. The molecule has 0 radical (unpaired) electrons. The lowest BCUT2D eigenvalue weighted by molar-refractivity contribution is -0.0691. The maximum Gasteiger partial charge on any atom is 0.283 e. The molecule has 1 aliphatic rings. The van der Waals surface area contributed by atoms with Crippen LogP contribution in [-0.4, -0.2) is 47.1 Å². The number of aryl methyl sites for hydroxylation is 1. The van der Waals surface area contributed by atoms with Gasteiger partial charge in [0.05, 0.1) is 25.2 Å². The van der Waals surface area contributed by atoms with E-state index >= 15 is 0 Å². The van der Waals surface area contributed by atoms with Crippen molar-refractivity contribution in [1.82, 2.24) is 14.9 Å². The van der Waals surface area contributed by atoms with Gasteiger partial charge < -0.3 is 4.74 Å². The number of benzene rings is 1. The van der Waals surface area contributed by atoms with E-state index in [1.807, 2.05) is 31.2 Å². The number of halogens is 2. The molecule has 21 heavy (non-hydrogen) atoms. The number of hydrogen-bond acceptors (Lipinski definition) is 4. The minimum Gasteiger partial charge on any atom is -0.374 e. The van der Waals surface area contributed by atoms with Gasteiger partial charge in [-0.25, -0.2) is 18.7 Å². The van der Waals surface area contributed by atoms with Crippen LogP contribution in [0.1, 0.15) is 11.5 Å². The number of nitrogens with zero attached hydrogens (tertiary/aromatic N) is 3. The third kappa shape index (κ3) is 3.33. The molecule has 4 nitrogen and oxygen atoms in total. The van der Waals surface area contributed by atoms with Crippen molar-refractivity contribution in [3.63, 3.8) is 0 Å². The van der Waals surface area contributed by atoms with Gasteiger partial charge in [-0.3, -0.25) is 4.90 Å². The van der Waals surface area contributed by atoms with Crippen LogP contribution in [0.2, 0.25) is 0 Å². The smallest absolute Gasteiger partial charge is 0.283 e. The standard InChI is InChI=1S/C15H17F2N3O/c1-11-12-4-2-3-5-13(12)19-14(18-11)8-20-6-7-21-10-15(16,17)9-20/h2-5H,6-10H2,1H3. The molecule has 2 heterocycles. The predicted molar refractivity (Wildman–Crippen MR) is 75.3 cm³/mol. The van der Waals surface area contributed by atoms with Gasteiger partial charge in [-0.15, -0.1) is 0 Å². The molecular weight excluding hydrogens is 276 g/mol. The first-order chi connectivity index (χ1) is 10.0. The highest BCUT2D eigenvalue weighted by Crippen LogP contribution is 2.20. The Labute approximate surface area is 121 Å². The van der Waals surface area contributed by atoms with Crippen LogP contribution in [0, 0.1) is 6.92 Å². The number of hydrogen-bond donors (Lipinski definition) is 0. The summed E-state index contributed by atoms with van der Waals surface area (Å²) in [5.74, 6) is -2.24. The molecule has 1 aliphatic heterocycles. The molecule has 0 unspecified atom stereocenters. The molecule has 1 fully saturated rings. The Hall–Kier alpha value is -1.66. The zero-order chi connectivity index (χ0) is 14.9. The molecule has 0 aliphatic carbocycles. The molecule has 2 aromatic rings. The fourth-order valence-electron chi connectivity index (χ4n) is 2.57. The van der Waals surface area contributed by atoms with Crippen LogP contribution in [-0.2, 0) is 11.3 Å². The van der Waals surface area contributed by atoms with Crippen molar-refractivity contribution < 1.29 is 13.5 Å². The Morgan fingerprint density at radius 3 is 2.95 bits per heavy atom. The van der Waals surface area contributed by atoms with Crippen LogP contribution in [0.4, 0.5) is 8.78 Å². The van der Waals surface area contributed by atoms with Crippen LogP contribution in [0.25, 0.3) is 10.9 Å². The van der Waals surface area contributed by atoms with Crippen molar-refractivity contribution in [2.24, 2.45) is 0 Å². The van der Waals surface area contributed by atoms with Crippen molar-refractivity contribution in [3.05, 3.63) is 35.8 Å². The summed E-state index contributed by atoms with van der Waals surface area (Å²) in [4.78, 5) is 10.6. The van der Waals surface area contributed by atoms with Crippen molar-refractivity contribution in [2.75, 3.05) is 26.3 Å². The highest BCUT2D eigenvalue weighted by molar-refractivity contribution is 5.80. The monoisotopic (exact) mass is 293 g/mol. The van der Waals surface area contributed by atoms with E-state index in [1.165, 1.54) is 0 Å². The molecule has 0 atom stereocenters. The van der Waals surface area contributed by atoms with E-state index in [-0.39, 0.29) is 6.54 Å². The first-order valence-electron chi connectivity index (χ1n) is 6.94. The minimum absolute atomic E-state index is 0.308. The summed E-state index contributed by atoms with van der Waals surface area (Å²) in [5.41, 5.74) is 1.71. The molecule has 0 amide bonds. The van der Waals surface area contributed by atoms with E-state index in [1.54, 1.807) is 4.90 Å². The van der Waals surface area contributed by atoms with Gasteiger partial charge in [-0.1, -0.05) is 18.2 Å². The van der Waals surface area contributed by atoms with Gasteiger partial charge in [0.2, 0.25) is 0 Å². The Morgan fingerprint density at radius 1 is 1.29 bits per heavy atom. The molecule has 1 saturated heterocycles. The summed E-state index contributed by atoms with van der Waals surface area (Å²) in [6.07, 6.45) is 0. The van der Waals surface area contributed by atoms with Gasteiger partial charge in [-0.05, 0) is 13.0 Å². The van der Waals surface area contributed by atoms with E-state index in [9.17, 15) is 8.78 Å². The van der Waals surface area contributed by atoms with Crippen molar-refractivity contribution in [1.29, 1.82) is 0 Å². The van der Waals surface area contributed by atoms with E-state index in [0.29, 0.717) is 25.5 Å². The second-order valence-electron chi connectivity index (χ2n) is 5.36. The molecule has 0 spiro atoms. The lowest BCUT2D eigenvalue weighted by Gasteiger charge is -2.22. The summed E-state index contributed by atoms with van der Waals surface area (Å²) in [5, 5.41) is 0.991. The van der Waals surface area contributed by atoms with Crippen LogP contribution in [0.15, 0.2) is 24.3 Å². The van der Waals surface area contributed by atoms with Crippen molar-refractivity contribution in [2.45, 2.75) is 19.4 Å². The molecule has 1 aromatic carbocycles. The van der Waals surface area contributed by atoms with Gasteiger partial charge in [-0.2, -0.15) is 0 Å². The van der Waals surface area contributed by atoms with Gasteiger partial charge in [0.15, 0.2) is 0 Å². The molecule has 0 saturated carbocycles. The Bertz CT molecular complexity index is 648. The topological polar surface area (TPSA) is 38.2 Å². The zero-order valence-electron chi connectivity index (χ0n) is 11.9. The average molecular weight is 293 g/mol. The summed E-state index contributed by atoms with van der Waals surface area (Å²) in [6.45, 7) is 2.16. The number of alkyl halides is 2. The summed E-state index contributed by atoms with van der Waals surface area (Å²) in [6, 6.07) is 7.72. The first kappa shape index (κ1) is 14.3. The SMILES string of the molecule is Cc1nc(CN2CCOCC(F)(F)C2)nc2ccccc12. The van der Waals surface area contributed by atoms with Crippen LogP contribution < -0.4 is 0 Å². The second kappa shape index (κ2) is 5.61. The Morgan fingerprint density at radius 2 is 2.10 bits per heavy atom. The third-order valence-electron chi connectivity index (χ3n) is 3.53. The van der Waals surface area contributed by atoms with Gasteiger partial charge >= 0.3 is 0 Å². The summed E-state index contributed by atoms with van der Waals surface area (Å²) in [7, 11) is 0. The van der Waals surface area contributed by atoms with Crippen molar-refractivity contribution in [3.8, 4) is 0 Å². The Kier molecular flexibility index (Phi) is 3.82. The third-order valence-corrected chi connectivity index (χ3v) is 3.53. The lowest BCUT2D eigenvalue weighted by atomic mass is 10.2. The minimum atomic E-state index is -2.82. The predicted octanol–water partition coefficient (Wildman–Crippen LogP) is 2.41. The summed E-state index contributed by atoms with van der Waals surface area (Å²) >= 11 is 0.